The monoisotopic (exact) mass is 232 g/mol. The van der Waals surface area contributed by atoms with Gasteiger partial charge in [-0.1, -0.05) is 24.6 Å². The average molecular weight is 232 g/mol. The molecule has 0 aromatic rings. The average Bonchev–Trinajstić information content (AvgIpc) is 2.33. The van der Waals surface area contributed by atoms with Crippen molar-refractivity contribution in [3.05, 3.63) is 23.3 Å². The van der Waals surface area contributed by atoms with Crippen molar-refractivity contribution < 1.29 is 4.79 Å². The molecule has 0 aromatic carbocycles. The first-order valence-corrected chi connectivity index (χ1v) is 7.16. The molecule has 1 nitrogen and oxygen atoms in total. The zero-order valence-corrected chi connectivity index (χ0v) is 11.0. The summed E-state index contributed by atoms with van der Waals surface area (Å²) < 4.78 is 0. The van der Waals surface area contributed by atoms with Crippen molar-refractivity contribution in [1.82, 2.24) is 0 Å². The number of rotatable bonds is 0. The van der Waals surface area contributed by atoms with Gasteiger partial charge in [0, 0.05) is 6.42 Å². The fraction of sp³-hybridized carbons (Fsp3) is 0.688. The Morgan fingerprint density at radius 1 is 1.00 bits per heavy atom. The van der Waals surface area contributed by atoms with Gasteiger partial charge in [0.1, 0.15) is 0 Å². The van der Waals surface area contributed by atoms with Crippen LogP contribution in [0, 0.1) is 5.92 Å². The van der Waals surface area contributed by atoms with Gasteiger partial charge < -0.3 is 0 Å². The van der Waals surface area contributed by atoms with Crippen LogP contribution in [0.5, 0.6) is 0 Å². The molecule has 0 fully saturated rings. The lowest BCUT2D eigenvalue weighted by Crippen LogP contribution is -2.18. The first kappa shape index (κ1) is 12.6. The highest BCUT2D eigenvalue weighted by Gasteiger charge is 2.24. The summed E-state index contributed by atoms with van der Waals surface area (Å²) in [6.45, 7) is 2.22. The molecule has 0 aliphatic heterocycles. The van der Waals surface area contributed by atoms with Gasteiger partial charge in [-0.15, -0.1) is 0 Å². The van der Waals surface area contributed by atoms with Crippen molar-refractivity contribution in [1.29, 1.82) is 0 Å². The minimum Gasteiger partial charge on any atom is -0.295 e. The Morgan fingerprint density at radius 3 is 2.59 bits per heavy atom. The predicted molar refractivity (Wildman–Crippen MR) is 71.9 cm³/mol. The second-order valence-corrected chi connectivity index (χ2v) is 5.63. The van der Waals surface area contributed by atoms with E-state index in [4.69, 9.17) is 0 Å². The highest BCUT2D eigenvalue weighted by molar-refractivity contribution is 5.97. The third kappa shape index (κ3) is 3.55. The zero-order chi connectivity index (χ0) is 12.1. The van der Waals surface area contributed by atoms with Gasteiger partial charge in [0.15, 0.2) is 5.78 Å². The first-order valence-electron chi connectivity index (χ1n) is 7.16. The fourth-order valence-electron chi connectivity index (χ4n) is 3.05. The second-order valence-electron chi connectivity index (χ2n) is 5.63. The lowest BCUT2D eigenvalue weighted by molar-refractivity contribution is -0.117. The number of carbonyl (C=O) groups excluding carboxylic acids is 1. The first-order chi connectivity index (χ1) is 8.27. The number of hydrogen-bond donors (Lipinski definition) is 0. The van der Waals surface area contributed by atoms with E-state index >= 15 is 0 Å². The van der Waals surface area contributed by atoms with Crippen LogP contribution in [0.2, 0.25) is 0 Å². The summed E-state index contributed by atoms with van der Waals surface area (Å²) in [5, 5.41) is 0. The van der Waals surface area contributed by atoms with Gasteiger partial charge in [0.2, 0.25) is 0 Å². The molecule has 0 saturated carbocycles. The third-order valence-electron chi connectivity index (χ3n) is 3.96. The molecular formula is C16H24O. The van der Waals surface area contributed by atoms with Crippen LogP contribution in [-0.2, 0) is 4.79 Å². The maximum atomic E-state index is 12.1. The fourth-order valence-corrected chi connectivity index (χ4v) is 3.05. The molecule has 0 heterocycles. The summed E-state index contributed by atoms with van der Waals surface area (Å²) in [6, 6.07) is 0. The molecule has 1 heteroatoms. The number of hydrogen-bond acceptors (Lipinski definition) is 1. The molecule has 0 amide bonds. The molecule has 0 unspecified atom stereocenters. The van der Waals surface area contributed by atoms with Crippen LogP contribution in [-0.4, -0.2) is 5.78 Å². The van der Waals surface area contributed by atoms with Crippen molar-refractivity contribution in [2.24, 2.45) is 5.92 Å². The van der Waals surface area contributed by atoms with Gasteiger partial charge in [0.25, 0.3) is 0 Å². The second kappa shape index (κ2) is 6.18. The molecule has 0 aromatic heterocycles. The van der Waals surface area contributed by atoms with Gasteiger partial charge in [-0.3, -0.25) is 4.79 Å². The van der Waals surface area contributed by atoms with Gasteiger partial charge in [-0.25, -0.2) is 0 Å². The minimum atomic E-state index is 0.446. The number of Topliss-reactive ketones (excluding diaryl/α,β-unsaturated/α-hetero) is 1. The summed E-state index contributed by atoms with van der Waals surface area (Å²) in [4.78, 5) is 12.1. The van der Waals surface area contributed by atoms with Crippen molar-refractivity contribution in [2.45, 2.75) is 64.7 Å². The van der Waals surface area contributed by atoms with Crippen LogP contribution in [0.25, 0.3) is 0 Å². The summed E-state index contributed by atoms with van der Waals surface area (Å²) in [6.07, 6.45) is 14.8. The van der Waals surface area contributed by atoms with Crippen molar-refractivity contribution in [3.8, 4) is 0 Å². The van der Waals surface area contributed by atoms with E-state index in [1.54, 1.807) is 0 Å². The summed E-state index contributed by atoms with van der Waals surface area (Å²) in [5.74, 6) is 1.02. The molecule has 2 rings (SSSR count). The molecule has 0 N–H and O–H groups in total. The molecular weight excluding hydrogens is 208 g/mol. The normalized spacial score (nSPS) is 29.5. The van der Waals surface area contributed by atoms with Crippen molar-refractivity contribution in [2.75, 3.05) is 0 Å². The van der Waals surface area contributed by atoms with E-state index in [1.807, 2.05) is 0 Å². The van der Waals surface area contributed by atoms with E-state index in [1.165, 1.54) is 43.3 Å². The molecule has 2 aliphatic carbocycles. The molecule has 0 radical (unpaired) electrons. The molecule has 2 aliphatic rings. The molecule has 94 valence electrons. The summed E-state index contributed by atoms with van der Waals surface area (Å²) in [5.41, 5.74) is 2.70. The Bertz CT molecular complexity index is 335. The molecule has 0 spiro atoms. The van der Waals surface area contributed by atoms with Crippen molar-refractivity contribution >= 4 is 5.78 Å². The summed E-state index contributed by atoms with van der Waals surface area (Å²) >= 11 is 0. The smallest absolute Gasteiger partial charge is 0.159 e. The number of carbonyl (C=O) groups is 1. The maximum Gasteiger partial charge on any atom is 0.159 e. The Morgan fingerprint density at radius 2 is 1.76 bits per heavy atom. The third-order valence-corrected chi connectivity index (χ3v) is 3.96. The molecule has 1 atom stereocenters. The van der Waals surface area contributed by atoms with Crippen LogP contribution in [0.3, 0.4) is 0 Å². The summed E-state index contributed by atoms with van der Waals surface area (Å²) in [7, 11) is 0. The number of ketones is 1. The zero-order valence-electron chi connectivity index (χ0n) is 11.0. The van der Waals surface area contributed by atoms with Crippen LogP contribution < -0.4 is 0 Å². The predicted octanol–water partition coefficient (Wildman–Crippen LogP) is 4.58. The van der Waals surface area contributed by atoms with E-state index in [2.05, 4.69) is 19.1 Å². The largest absolute Gasteiger partial charge is 0.295 e. The van der Waals surface area contributed by atoms with E-state index in [9.17, 15) is 4.79 Å². The molecule has 17 heavy (non-hydrogen) atoms. The lowest BCUT2D eigenvalue weighted by Gasteiger charge is -2.24. The van der Waals surface area contributed by atoms with E-state index in [0.29, 0.717) is 11.7 Å². The van der Waals surface area contributed by atoms with Crippen molar-refractivity contribution in [3.63, 3.8) is 0 Å². The van der Waals surface area contributed by atoms with Crippen LogP contribution in [0.4, 0.5) is 0 Å². The minimum absolute atomic E-state index is 0.446. The van der Waals surface area contributed by atoms with E-state index < -0.39 is 0 Å². The maximum absolute atomic E-state index is 12.1. The van der Waals surface area contributed by atoms with E-state index in [0.717, 1.165) is 25.7 Å². The SMILES string of the molecule is C[C@@H]1CC(=O)C2=C(CCCC/C=C/CCC2)C1. The number of allylic oxidation sites excluding steroid dienone is 4. The topological polar surface area (TPSA) is 17.1 Å². The quantitative estimate of drug-likeness (QED) is 0.559. The van der Waals surface area contributed by atoms with Gasteiger partial charge in [0.05, 0.1) is 0 Å². The van der Waals surface area contributed by atoms with E-state index in [-0.39, 0.29) is 0 Å². The highest BCUT2D eigenvalue weighted by atomic mass is 16.1. The highest BCUT2D eigenvalue weighted by Crippen LogP contribution is 2.33. The lowest BCUT2D eigenvalue weighted by atomic mass is 9.80. The molecule has 0 bridgehead atoms. The van der Waals surface area contributed by atoms with Crippen LogP contribution >= 0.6 is 0 Å². The standard InChI is InChI=1S/C16H24O/c1-13-11-14-9-7-5-3-2-4-6-8-10-15(14)16(17)12-13/h2,4,13H,3,5-12H2,1H3/b4-2+/t13-/m0/s1. The Hall–Kier alpha value is -0.850. The van der Waals surface area contributed by atoms with Gasteiger partial charge >= 0.3 is 0 Å². The Balaban J connectivity index is 2.12. The molecule has 0 saturated heterocycles. The Labute approximate surface area is 105 Å². The van der Waals surface area contributed by atoms with Gasteiger partial charge in [-0.2, -0.15) is 0 Å². The Kier molecular flexibility index (Phi) is 4.58. The van der Waals surface area contributed by atoms with Gasteiger partial charge in [-0.05, 0) is 62.9 Å². The van der Waals surface area contributed by atoms with Crippen LogP contribution in [0.15, 0.2) is 23.3 Å². The van der Waals surface area contributed by atoms with Crippen LogP contribution in [0.1, 0.15) is 64.7 Å².